The fourth-order valence-corrected chi connectivity index (χ4v) is 1.94. The largest absolute Gasteiger partial charge is 0.409 e. The lowest BCUT2D eigenvalue weighted by atomic mass is 10.2. The van der Waals surface area contributed by atoms with Gasteiger partial charge < -0.3 is 10.9 Å². The molecule has 5 heteroatoms. The van der Waals surface area contributed by atoms with Crippen molar-refractivity contribution in [3.8, 4) is 0 Å². The maximum atomic E-state index is 13.2. The van der Waals surface area contributed by atoms with Gasteiger partial charge in [0.2, 0.25) is 0 Å². The SMILES string of the molecule is CC(CSc1ccccc1F)/C(N)=N/O. The van der Waals surface area contributed by atoms with Gasteiger partial charge in [0.25, 0.3) is 0 Å². The molecular formula is C10H13FN2OS. The highest BCUT2D eigenvalue weighted by atomic mass is 32.2. The van der Waals surface area contributed by atoms with Crippen molar-refractivity contribution in [1.29, 1.82) is 0 Å². The van der Waals surface area contributed by atoms with E-state index in [0.29, 0.717) is 10.6 Å². The number of oxime groups is 1. The molecule has 82 valence electrons. The Bertz CT molecular complexity index is 357. The zero-order chi connectivity index (χ0) is 11.3. The van der Waals surface area contributed by atoms with Gasteiger partial charge in [-0.2, -0.15) is 0 Å². The van der Waals surface area contributed by atoms with Crippen molar-refractivity contribution in [1.82, 2.24) is 0 Å². The molecule has 1 aromatic rings. The smallest absolute Gasteiger partial charge is 0.142 e. The van der Waals surface area contributed by atoms with Gasteiger partial charge in [0, 0.05) is 16.6 Å². The standard InChI is InChI=1S/C10H13FN2OS/c1-7(10(12)13-14)6-15-9-5-3-2-4-8(9)11/h2-5,7,14H,6H2,1H3,(H2,12,13). The molecule has 0 heterocycles. The number of halogens is 1. The van der Waals surface area contributed by atoms with Gasteiger partial charge in [0.1, 0.15) is 11.7 Å². The predicted octanol–water partition coefficient (Wildman–Crippen LogP) is 2.30. The van der Waals surface area contributed by atoms with Gasteiger partial charge >= 0.3 is 0 Å². The average Bonchev–Trinajstić information content (AvgIpc) is 2.26. The molecule has 0 aromatic heterocycles. The number of benzene rings is 1. The minimum Gasteiger partial charge on any atom is -0.409 e. The molecule has 1 unspecified atom stereocenters. The van der Waals surface area contributed by atoms with Gasteiger partial charge in [-0.1, -0.05) is 24.2 Å². The van der Waals surface area contributed by atoms with Crippen molar-refractivity contribution in [3.05, 3.63) is 30.1 Å². The Morgan fingerprint density at radius 1 is 1.60 bits per heavy atom. The summed E-state index contributed by atoms with van der Waals surface area (Å²) in [7, 11) is 0. The third kappa shape index (κ3) is 3.43. The van der Waals surface area contributed by atoms with Crippen LogP contribution in [0.3, 0.4) is 0 Å². The van der Waals surface area contributed by atoms with Crippen molar-refractivity contribution >= 4 is 17.6 Å². The van der Waals surface area contributed by atoms with Gasteiger partial charge in [-0.05, 0) is 12.1 Å². The Morgan fingerprint density at radius 3 is 2.87 bits per heavy atom. The number of hydrogen-bond donors (Lipinski definition) is 2. The van der Waals surface area contributed by atoms with E-state index in [1.165, 1.54) is 17.8 Å². The first kappa shape index (κ1) is 11.8. The van der Waals surface area contributed by atoms with Crippen LogP contribution < -0.4 is 5.73 Å². The molecule has 15 heavy (non-hydrogen) atoms. The Kier molecular flexibility index (Phi) is 4.42. The van der Waals surface area contributed by atoms with Crippen LogP contribution in [0.2, 0.25) is 0 Å². The molecule has 0 bridgehead atoms. The molecule has 1 rings (SSSR count). The predicted molar refractivity (Wildman–Crippen MR) is 59.7 cm³/mol. The zero-order valence-electron chi connectivity index (χ0n) is 8.35. The summed E-state index contributed by atoms with van der Waals surface area (Å²) in [4.78, 5) is 0.579. The van der Waals surface area contributed by atoms with Gasteiger partial charge in [-0.15, -0.1) is 11.8 Å². The molecule has 1 aromatic carbocycles. The summed E-state index contributed by atoms with van der Waals surface area (Å²) in [6, 6.07) is 6.54. The van der Waals surface area contributed by atoms with Crippen LogP contribution >= 0.6 is 11.8 Å². The van der Waals surface area contributed by atoms with Crippen molar-refractivity contribution in [2.24, 2.45) is 16.8 Å². The molecule has 0 saturated carbocycles. The summed E-state index contributed by atoms with van der Waals surface area (Å²) in [5.41, 5.74) is 5.41. The van der Waals surface area contributed by atoms with E-state index in [9.17, 15) is 4.39 Å². The van der Waals surface area contributed by atoms with Crippen molar-refractivity contribution in [2.45, 2.75) is 11.8 Å². The average molecular weight is 228 g/mol. The van der Waals surface area contributed by atoms with E-state index in [-0.39, 0.29) is 17.6 Å². The maximum Gasteiger partial charge on any atom is 0.142 e. The molecule has 1 atom stereocenters. The van der Waals surface area contributed by atoms with Crippen LogP contribution in [0, 0.1) is 11.7 Å². The van der Waals surface area contributed by atoms with Crippen LogP contribution in [-0.4, -0.2) is 16.8 Å². The number of thioether (sulfide) groups is 1. The van der Waals surface area contributed by atoms with Crippen molar-refractivity contribution in [2.75, 3.05) is 5.75 Å². The van der Waals surface area contributed by atoms with E-state index in [1.54, 1.807) is 18.2 Å². The van der Waals surface area contributed by atoms with Crippen LogP contribution in [0.1, 0.15) is 6.92 Å². The van der Waals surface area contributed by atoms with Gasteiger partial charge in [0.05, 0.1) is 0 Å². The number of amidine groups is 1. The molecule has 3 nitrogen and oxygen atoms in total. The highest BCUT2D eigenvalue weighted by molar-refractivity contribution is 7.99. The summed E-state index contributed by atoms with van der Waals surface area (Å²) in [6.07, 6.45) is 0. The van der Waals surface area contributed by atoms with Gasteiger partial charge in [0.15, 0.2) is 0 Å². The first-order valence-electron chi connectivity index (χ1n) is 4.50. The zero-order valence-corrected chi connectivity index (χ0v) is 9.17. The second kappa shape index (κ2) is 5.60. The van der Waals surface area contributed by atoms with Gasteiger partial charge in [-0.25, -0.2) is 4.39 Å². The molecule has 3 N–H and O–H groups in total. The van der Waals surface area contributed by atoms with Crippen molar-refractivity contribution in [3.63, 3.8) is 0 Å². The topological polar surface area (TPSA) is 58.6 Å². The highest BCUT2D eigenvalue weighted by Gasteiger charge is 2.09. The fraction of sp³-hybridized carbons (Fsp3) is 0.300. The Hall–Kier alpha value is -1.23. The van der Waals surface area contributed by atoms with E-state index >= 15 is 0 Å². The van der Waals surface area contributed by atoms with Crippen LogP contribution in [0.25, 0.3) is 0 Å². The van der Waals surface area contributed by atoms with Crippen LogP contribution in [-0.2, 0) is 0 Å². The summed E-state index contributed by atoms with van der Waals surface area (Å²) in [5.74, 6) is 0.421. The molecule has 0 radical (unpaired) electrons. The number of nitrogens with zero attached hydrogens (tertiary/aromatic N) is 1. The molecule has 0 fully saturated rings. The quantitative estimate of drug-likeness (QED) is 0.273. The molecular weight excluding hydrogens is 215 g/mol. The number of rotatable bonds is 4. The third-order valence-corrected chi connectivity index (χ3v) is 3.25. The summed E-state index contributed by atoms with van der Waals surface area (Å²) in [6.45, 7) is 1.82. The lowest BCUT2D eigenvalue weighted by molar-refractivity contribution is 0.315. The molecule has 0 aliphatic heterocycles. The lowest BCUT2D eigenvalue weighted by Gasteiger charge is -2.09. The van der Waals surface area contributed by atoms with E-state index in [2.05, 4.69) is 5.16 Å². The minimum absolute atomic E-state index is 0.0837. The maximum absolute atomic E-state index is 13.2. The Morgan fingerprint density at radius 2 is 2.27 bits per heavy atom. The van der Waals surface area contributed by atoms with Crippen molar-refractivity contribution < 1.29 is 9.60 Å². The fourth-order valence-electron chi connectivity index (χ4n) is 0.961. The molecule has 0 aliphatic carbocycles. The summed E-state index contributed by atoms with van der Waals surface area (Å²) >= 11 is 1.35. The normalized spacial score (nSPS) is 13.9. The first-order chi connectivity index (χ1) is 7.15. The molecule has 0 spiro atoms. The van der Waals surface area contributed by atoms with Crippen LogP contribution in [0.15, 0.2) is 34.3 Å². The second-order valence-electron chi connectivity index (χ2n) is 3.17. The van der Waals surface area contributed by atoms with Gasteiger partial charge in [-0.3, -0.25) is 0 Å². The molecule has 0 saturated heterocycles. The first-order valence-corrected chi connectivity index (χ1v) is 5.48. The van der Waals surface area contributed by atoms with E-state index in [0.717, 1.165) is 0 Å². The van der Waals surface area contributed by atoms with Crippen LogP contribution in [0.5, 0.6) is 0 Å². The Balaban J connectivity index is 2.54. The Labute approximate surface area is 92.2 Å². The number of nitrogens with two attached hydrogens (primary N) is 1. The lowest BCUT2D eigenvalue weighted by Crippen LogP contribution is -2.22. The summed E-state index contributed by atoms with van der Waals surface area (Å²) < 4.78 is 13.2. The molecule has 0 amide bonds. The monoisotopic (exact) mass is 228 g/mol. The van der Waals surface area contributed by atoms with Crippen LogP contribution in [0.4, 0.5) is 4.39 Å². The number of hydrogen-bond acceptors (Lipinski definition) is 3. The summed E-state index contributed by atoms with van der Waals surface area (Å²) in [5, 5.41) is 11.3. The second-order valence-corrected chi connectivity index (χ2v) is 4.23. The third-order valence-electron chi connectivity index (χ3n) is 1.95. The van der Waals surface area contributed by atoms with E-state index in [4.69, 9.17) is 10.9 Å². The molecule has 0 aliphatic rings. The minimum atomic E-state index is -0.241. The van der Waals surface area contributed by atoms with E-state index in [1.807, 2.05) is 6.92 Å². The van der Waals surface area contributed by atoms with E-state index < -0.39 is 0 Å². The highest BCUT2D eigenvalue weighted by Crippen LogP contribution is 2.23.